The van der Waals surface area contributed by atoms with E-state index < -0.39 is 20.9 Å². The first-order valence-electron chi connectivity index (χ1n) is 5.30. The number of halogens is 1. The van der Waals surface area contributed by atoms with Crippen LogP contribution >= 0.6 is 15.9 Å². The van der Waals surface area contributed by atoms with E-state index in [0.717, 1.165) is 12.8 Å². The second-order valence-corrected chi connectivity index (χ2v) is 7.24. The highest BCUT2D eigenvalue weighted by molar-refractivity contribution is 9.09. The first kappa shape index (κ1) is 12.5. The number of Topliss-reactive ketones (excluding diaryl/α,β-unsaturated/α-hetero) is 1. The lowest BCUT2D eigenvalue weighted by molar-refractivity contribution is -0.127. The average Bonchev–Trinajstić information content (AvgIpc) is 2.48. The summed E-state index contributed by atoms with van der Waals surface area (Å²) >= 11 is 3.35. The molecule has 4 nitrogen and oxygen atoms in total. The Morgan fingerprint density at radius 1 is 1.56 bits per heavy atom. The van der Waals surface area contributed by atoms with Crippen LogP contribution in [-0.2, 0) is 14.9 Å². The highest BCUT2D eigenvalue weighted by atomic mass is 79.9. The van der Waals surface area contributed by atoms with Gasteiger partial charge in [0.25, 0.3) is 10.1 Å². The van der Waals surface area contributed by atoms with Gasteiger partial charge in [-0.25, -0.2) is 0 Å². The fourth-order valence-corrected chi connectivity index (χ4v) is 6.05. The predicted molar refractivity (Wildman–Crippen MR) is 63.1 cm³/mol. The van der Waals surface area contributed by atoms with Gasteiger partial charge >= 0.3 is 0 Å². The van der Waals surface area contributed by atoms with Gasteiger partial charge in [-0.2, -0.15) is 8.42 Å². The molecule has 2 aliphatic rings. The molecule has 2 fully saturated rings. The SMILES string of the molecule is C[C@@]1(CS(=O)(=O)O)C2CC[C@@]1(CBr)C(=O)C2. The first-order valence-corrected chi connectivity index (χ1v) is 8.03. The van der Waals surface area contributed by atoms with Crippen molar-refractivity contribution in [2.24, 2.45) is 16.7 Å². The van der Waals surface area contributed by atoms with Gasteiger partial charge in [-0.3, -0.25) is 9.35 Å². The third-order valence-corrected chi connectivity index (χ3v) is 6.51. The van der Waals surface area contributed by atoms with Gasteiger partial charge < -0.3 is 0 Å². The van der Waals surface area contributed by atoms with Crippen molar-refractivity contribution >= 4 is 31.8 Å². The number of fused-ring (bicyclic) bond motifs is 2. The molecule has 16 heavy (non-hydrogen) atoms. The van der Waals surface area contributed by atoms with Gasteiger partial charge in [0, 0.05) is 22.6 Å². The lowest BCUT2D eigenvalue weighted by Gasteiger charge is -2.37. The van der Waals surface area contributed by atoms with Gasteiger partial charge in [0.2, 0.25) is 0 Å². The van der Waals surface area contributed by atoms with Gasteiger partial charge in [-0.15, -0.1) is 0 Å². The zero-order valence-electron chi connectivity index (χ0n) is 9.07. The Labute approximate surface area is 104 Å². The van der Waals surface area contributed by atoms with Crippen molar-refractivity contribution in [3.8, 4) is 0 Å². The minimum absolute atomic E-state index is 0.0967. The van der Waals surface area contributed by atoms with Crippen molar-refractivity contribution in [1.29, 1.82) is 0 Å². The highest BCUT2D eigenvalue weighted by Gasteiger charge is 2.66. The fraction of sp³-hybridized carbons (Fsp3) is 0.900. The molecule has 1 unspecified atom stereocenters. The number of rotatable bonds is 3. The number of carbonyl (C=O) groups excluding carboxylic acids is 1. The van der Waals surface area contributed by atoms with Crippen LogP contribution in [0.3, 0.4) is 0 Å². The van der Waals surface area contributed by atoms with Crippen molar-refractivity contribution in [2.45, 2.75) is 26.2 Å². The van der Waals surface area contributed by atoms with Crippen molar-refractivity contribution in [3.05, 3.63) is 0 Å². The van der Waals surface area contributed by atoms with Crippen LogP contribution in [-0.4, -0.2) is 29.8 Å². The largest absolute Gasteiger partial charge is 0.299 e. The zero-order valence-corrected chi connectivity index (χ0v) is 11.5. The Hall–Kier alpha value is 0.0600. The lowest BCUT2D eigenvalue weighted by Crippen LogP contribution is -2.43. The molecule has 3 atom stereocenters. The lowest BCUT2D eigenvalue weighted by atomic mass is 9.70. The highest BCUT2D eigenvalue weighted by Crippen LogP contribution is 2.64. The van der Waals surface area contributed by atoms with Crippen LogP contribution < -0.4 is 0 Å². The molecule has 0 saturated heterocycles. The van der Waals surface area contributed by atoms with Crippen LogP contribution in [0.1, 0.15) is 26.2 Å². The summed E-state index contributed by atoms with van der Waals surface area (Å²) in [6.07, 6.45) is 2.06. The average molecular weight is 311 g/mol. The number of hydrogen-bond donors (Lipinski definition) is 1. The van der Waals surface area contributed by atoms with Crippen LogP contribution in [0.15, 0.2) is 0 Å². The Bertz CT molecular complexity index is 432. The molecule has 92 valence electrons. The summed E-state index contributed by atoms with van der Waals surface area (Å²) in [5.74, 6) is -0.0617. The molecule has 0 aromatic rings. The second kappa shape index (κ2) is 3.53. The summed E-state index contributed by atoms with van der Waals surface area (Å²) in [5.41, 5.74) is -1.20. The molecule has 0 amide bonds. The van der Waals surface area contributed by atoms with Crippen LogP contribution in [0.5, 0.6) is 0 Å². The van der Waals surface area contributed by atoms with E-state index in [9.17, 15) is 13.2 Å². The third-order valence-electron chi connectivity index (χ3n) is 4.59. The van der Waals surface area contributed by atoms with Crippen molar-refractivity contribution < 1.29 is 17.8 Å². The van der Waals surface area contributed by atoms with Crippen LogP contribution in [0.2, 0.25) is 0 Å². The van der Waals surface area contributed by atoms with Gasteiger partial charge in [-0.05, 0) is 18.8 Å². The van der Waals surface area contributed by atoms with E-state index in [2.05, 4.69) is 15.9 Å². The molecular weight excluding hydrogens is 296 g/mol. The summed E-state index contributed by atoms with van der Waals surface area (Å²) in [7, 11) is -4.04. The maximum Gasteiger partial charge on any atom is 0.265 e. The van der Waals surface area contributed by atoms with Crippen LogP contribution in [0.4, 0.5) is 0 Å². The van der Waals surface area contributed by atoms with Crippen molar-refractivity contribution in [1.82, 2.24) is 0 Å². The Kier molecular flexibility index (Phi) is 2.76. The van der Waals surface area contributed by atoms with E-state index in [4.69, 9.17) is 4.55 Å². The third kappa shape index (κ3) is 1.49. The molecule has 6 heteroatoms. The fourth-order valence-electron chi connectivity index (χ4n) is 3.55. The van der Waals surface area contributed by atoms with Crippen molar-refractivity contribution in [2.75, 3.05) is 11.1 Å². The maximum atomic E-state index is 12.0. The summed E-state index contributed by atoms with van der Waals surface area (Å²) in [6, 6.07) is 0. The summed E-state index contributed by atoms with van der Waals surface area (Å²) in [6.45, 7) is 1.82. The molecule has 0 heterocycles. The standard InChI is InChI=1S/C10H15BrO4S/c1-9(6-16(13,14)15)7-2-3-10(9,5-11)8(12)4-7/h7H,2-6H2,1H3,(H,13,14,15)/t7?,9-,10-/m1/s1. The zero-order chi connectivity index (χ0) is 12.2. The molecule has 2 bridgehead atoms. The number of carbonyl (C=O) groups is 1. The number of ketones is 1. The first-order chi connectivity index (χ1) is 7.25. The second-order valence-electron chi connectivity index (χ2n) is 5.22. The van der Waals surface area contributed by atoms with E-state index in [1.807, 2.05) is 6.92 Å². The molecular formula is C10H15BrO4S. The molecule has 0 aliphatic heterocycles. The monoisotopic (exact) mass is 310 g/mol. The quantitative estimate of drug-likeness (QED) is 0.635. The number of alkyl halides is 1. The predicted octanol–water partition coefficient (Wildman–Crippen LogP) is 1.64. The Morgan fingerprint density at radius 3 is 2.62 bits per heavy atom. The topological polar surface area (TPSA) is 71.4 Å². The normalized spacial score (nSPS) is 42.9. The van der Waals surface area contributed by atoms with E-state index >= 15 is 0 Å². The molecule has 2 saturated carbocycles. The van der Waals surface area contributed by atoms with Crippen molar-refractivity contribution in [3.63, 3.8) is 0 Å². The summed E-state index contributed by atoms with van der Waals surface area (Å²) < 4.78 is 31.3. The molecule has 1 N–H and O–H groups in total. The Balaban J connectivity index is 2.45. The molecule has 0 spiro atoms. The molecule has 0 aromatic heterocycles. The van der Waals surface area contributed by atoms with Gasteiger partial charge in [-0.1, -0.05) is 22.9 Å². The minimum Gasteiger partial charge on any atom is -0.299 e. The maximum absolute atomic E-state index is 12.0. The van der Waals surface area contributed by atoms with E-state index in [-0.39, 0.29) is 17.5 Å². The summed E-state index contributed by atoms with van der Waals surface area (Å²) in [5, 5.41) is 0.487. The minimum atomic E-state index is -4.04. The summed E-state index contributed by atoms with van der Waals surface area (Å²) in [4.78, 5) is 12.0. The molecule has 0 aromatic carbocycles. The molecule has 2 rings (SSSR count). The van der Waals surface area contributed by atoms with Crippen LogP contribution in [0, 0.1) is 16.7 Å². The van der Waals surface area contributed by atoms with Gasteiger partial charge in [0.15, 0.2) is 0 Å². The Morgan fingerprint density at radius 2 is 2.19 bits per heavy atom. The molecule has 2 aliphatic carbocycles. The van der Waals surface area contributed by atoms with E-state index in [1.54, 1.807) is 0 Å². The van der Waals surface area contributed by atoms with Gasteiger partial charge in [0.05, 0.1) is 5.75 Å². The van der Waals surface area contributed by atoms with Gasteiger partial charge in [0.1, 0.15) is 5.78 Å². The van der Waals surface area contributed by atoms with E-state index in [0.29, 0.717) is 11.8 Å². The smallest absolute Gasteiger partial charge is 0.265 e. The van der Waals surface area contributed by atoms with E-state index in [1.165, 1.54) is 0 Å². The van der Waals surface area contributed by atoms with Crippen LogP contribution in [0.25, 0.3) is 0 Å². The molecule has 0 radical (unpaired) electrons. The number of hydrogen-bond acceptors (Lipinski definition) is 3.